The molecule has 0 spiro atoms. The normalized spacial score (nSPS) is 17.2. The molecule has 0 saturated carbocycles. The standard InChI is InChI=1S/C19H19F2N5O3/c1-10(18-22-4-11(5-23-18)12-8-29-9-12)24-16(27)7-26-6-13-15(25-19(26)28)3-2-14(20)17(13)21/h2-5,10,12H,6-9H2,1H3,(H,24,27)(H,25,28)/t10-/m0/s1. The van der Waals surface area contributed by atoms with Gasteiger partial charge in [0.1, 0.15) is 12.4 Å². The number of nitrogens with one attached hydrogen (secondary N) is 2. The summed E-state index contributed by atoms with van der Waals surface area (Å²) >= 11 is 0. The minimum atomic E-state index is -1.04. The number of hydrogen-bond donors (Lipinski definition) is 2. The van der Waals surface area contributed by atoms with Crippen molar-refractivity contribution in [3.63, 3.8) is 0 Å². The van der Waals surface area contributed by atoms with Crippen LogP contribution in [0.5, 0.6) is 0 Å². The van der Waals surface area contributed by atoms with Gasteiger partial charge in [0.2, 0.25) is 5.91 Å². The van der Waals surface area contributed by atoms with Crippen molar-refractivity contribution in [3.8, 4) is 0 Å². The quantitative estimate of drug-likeness (QED) is 0.797. The van der Waals surface area contributed by atoms with Crippen LogP contribution in [0.25, 0.3) is 0 Å². The van der Waals surface area contributed by atoms with Crippen molar-refractivity contribution in [2.45, 2.75) is 25.4 Å². The summed E-state index contributed by atoms with van der Waals surface area (Å²) in [6, 6.07) is 1.20. The van der Waals surface area contributed by atoms with E-state index in [1.807, 2.05) is 0 Å². The van der Waals surface area contributed by atoms with Crippen LogP contribution < -0.4 is 10.6 Å². The molecule has 2 aliphatic heterocycles. The van der Waals surface area contributed by atoms with Crippen molar-refractivity contribution in [1.82, 2.24) is 20.2 Å². The zero-order valence-corrected chi connectivity index (χ0v) is 15.6. The molecule has 2 aliphatic rings. The van der Waals surface area contributed by atoms with Crippen molar-refractivity contribution >= 4 is 17.6 Å². The van der Waals surface area contributed by atoms with Gasteiger partial charge in [-0.15, -0.1) is 0 Å². The van der Waals surface area contributed by atoms with Crippen LogP contribution in [0.2, 0.25) is 0 Å². The summed E-state index contributed by atoms with van der Waals surface area (Å²) in [4.78, 5) is 34.2. The molecule has 152 valence electrons. The first kappa shape index (κ1) is 19.2. The Bertz CT molecular complexity index is 950. The second kappa shape index (κ2) is 7.70. The summed E-state index contributed by atoms with van der Waals surface area (Å²) < 4.78 is 32.6. The number of ether oxygens (including phenoxy) is 1. The lowest BCUT2D eigenvalue weighted by Gasteiger charge is -2.29. The molecule has 1 fully saturated rings. The Morgan fingerprint density at radius 2 is 2.07 bits per heavy atom. The van der Waals surface area contributed by atoms with Crippen LogP contribution >= 0.6 is 0 Å². The zero-order valence-electron chi connectivity index (χ0n) is 15.6. The summed E-state index contributed by atoms with van der Waals surface area (Å²) in [5.41, 5.74) is 1.19. The minimum Gasteiger partial charge on any atom is -0.380 e. The minimum absolute atomic E-state index is 0.00402. The lowest BCUT2D eigenvalue weighted by Crippen LogP contribution is -2.45. The largest absolute Gasteiger partial charge is 0.380 e. The summed E-state index contributed by atoms with van der Waals surface area (Å²) in [6.45, 7) is 2.51. The summed E-state index contributed by atoms with van der Waals surface area (Å²) in [5.74, 6) is -1.77. The maximum atomic E-state index is 14.0. The van der Waals surface area contributed by atoms with Gasteiger partial charge in [-0.1, -0.05) is 0 Å². The molecule has 0 unspecified atom stereocenters. The molecule has 0 bridgehead atoms. The number of carbonyl (C=O) groups is 2. The zero-order chi connectivity index (χ0) is 20.5. The molecule has 10 heteroatoms. The molecule has 2 N–H and O–H groups in total. The number of aromatic nitrogens is 2. The van der Waals surface area contributed by atoms with Crippen LogP contribution in [0.1, 0.15) is 35.8 Å². The summed E-state index contributed by atoms with van der Waals surface area (Å²) in [6.07, 6.45) is 3.43. The molecule has 29 heavy (non-hydrogen) atoms. The van der Waals surface area contributed by atoms with E-state index in [0.717, 1.165) is 16.5 Å². The Hall–Kier alpha value is -3.14. The Labute approximate surface area is 165 Å². The Morgan fingerprint density at radius 3 is 2.72 bits per heavy atom. The number of rotatable bonds is 5. The van der Waals surface area contributed by atoms with Crippen LogP contribution in [0.15, 0.2) is 24.5 Å². The molecule has 1 aromatic heterocycles. The van der Waals surface area contributed by atoms with Crippen LogP contribution in [-0.2, 0) is 16.1 Å². The van der Waals surface area contributed by atoms with Crippen molar-refractivity contribution in [3.05, 3.63) is 53.1 Å². The van der Waals surface area contributed by atoms with Crippen molar-refractivity contribution < 1.29 is 23.1 Å². The molecule has 3 heterocycles. The first-order chi connectivity index (χ1) is 13.9. The third kappa shape index (κ3) is 3.88. The van der Waals surface area contributed by atoms with Gasteiger partial charge in [-0.2, -0.15) is 0 Å². The van der Waals surface area contributed by atoms with Gasteiger partial charge in [-0.25, -0.2) is 23.5 Å². The third-order valence-electron chi connectivity index (χ3n) is 4.97. The van der Waals surface area contributed by atoms with Crippen molar-refractivity contribution in [2.75, 3.05) is 25.1 Å². The van der Waals surface area contributed by atoms with Crippen LogP contribution in [-0.4, -0.2) is 46.6 Å². The number of nitrogens with zero attached hydrogens (tertiary/aromatic N) is 3. The highest BCUT2D eigenvalue weighted by Crippen LogP contribution is 2.27. The van der Waals surface area contributed by atoms with Crippen LogP contribution in [0.3, 0.4) is 0 Å². The van der Waals surface area contributed by atoms with Gasteiger partial charge in [0, 0.05) is 23.9 Å². The highest BCUT2D eigenvalue weighted by molar-refractivity contribution is 5.94. The Morgan fingerprint density at radius 1 is 1.34 bits per heavy atom. The second-order valence-electron chi connectivity index (χ2n) is 7.07. The van der Waals surface area contributed by atoms with E-state index in [4.69, 9.17) is 4.74 Å². The molecular weight excluding hydrogens is 384 g/mol. The van der Waals surface area contributed by atoms with Gasteiger partial charge in [0.15, 0.2) is 11.6 Å². The van der Waals surface area contributed by atoms with E-state index in [2.05, 4.69) is 20.6 Å². The number of halogens is 2. The van der Waals surface area contributed by atoms with Gasteiger partial charge in [-0.3, -0.25) is 4.79 Å². The number of anilines is 1. The van der Waals surface area contributed by atoms with Gasteiger partial charge in [0.05, 0.1) is 31.5 Å². The van der Waals surface area contributed by atoms with Gasteiger partial charge in [-0.05, 0) is 24.6 Å². The van der Waals surface area contributed by atoms with Crippen LogP contribution in [0, 0.1) is 11.6 Å². The van der Waals surface area contributed by atoms with Gasteiger partial charge < -0.3 is 20.3 Å². The molecule has 1 saturated heterocycles. The topological polar surface area (TPSA) is 96.5 Å². The van der Waals surface area contributed by atoms with E-state index in [1.165, 1.54) is 6.07 Å². The Kier molecular flexibility index (Phi) is 5.10. The number of urea groups is 1. The van der Waals surface area contributed by atoms with Gasteiger partial charge in [0.25, 0.3) is 0 Å². The van der Waals surface area contributed by atoms with E-state index in [-0.39, 0.29) is 24.3 Å². The fourth-order valence-corrected chi connectivity index (χ4v) is 3.18. The van der Waals surface area contributed by atoms with E-state index >= 15 is 0 Å². The number of benzene rings is 1. The lowest BCUT2D eigenvalue weighted by atomic mass is 10.0. The monoisotopic (exact) mass is 403 g/mol. The van der Waals surface area contributed by atoms with E-state index < -0.39 is 29.6 Å². The van der Waals surface area contributed by atoms with Gasteiger partial charge >= 0.3 is 6.03 Å². The molecular formula is C19H19F2N5O3. The molecule has 1 atom stereocenters. The molecule has 8 nitrogen and oxygen atoms in total. The van der Waals surface area contributed by atoms with E-state index in [1.54, 1.807) is 19.3 Å². The molecule has 3 amide bonds. The lowest BCUT2D eigenvalue weighted by molar-refractivity contribution is -0.122. The predicted octanol–water partition coefficient (Wildman–Crippen LogP) is 2.09. The van der Waals surface area contributed by atoms with Crippen molar-refractivity contribution in [1.29, 1.82) is 0 Å². The number of carbonyl (C=O) groups excluding carboxylic acids is 2. The number of hydrogen-bond acceptors (Lipinski definition) is 5. The Balaban J connectivity index is 1.37. The first-order valence-electron chi connectivity index (χ1n) is 9.14. The SMILES string of the molecule is C[C@H](NC(=O)CN1Cc2c(ccc(F)c2F)NC1=O)c1ncc(C2COC2)cn1. The average Bonchev–Trinajstić information content (AvgIpc) is 2.65. The molecule has 4 rings (SSSR count). The maximum absolute atomic E-state index is 14.0. The second-order valence-corrected chi connectivity index (χ2v) is 7.07. The fraction of sp³-hybridized carbons (Fsp3) is 0.368. The number of amides is 3. The molecule has 0 aliphatic carbocycles. The summed E-state index contributed by atoms with van der Waals surface area (Å²) in [7, 11) is 0. The fourth-order valence-electron chi connectivity index (χ4n) is 3.18. The maximum Gasteiger partial charge on any atom is 0.322 e. The smallest absolute Gasteiger partial charge is 0.322 e. The highest BCUT2D eigenvalue weighted by atomic mass is 19.2. The van der Waals surface area contributed by atoms with E-state index in [0.29, 0.717) is 25.0 Å². The highest BCUT2D eigenvalue weighted by Gasteiger charge is 2.28. The van der Waals surface area contributed by atoms with E-state index in [9.17, 15) is 18.4 Å². The average molecular weight is 403 g/mol. The van der Waals surface area contributed by atoms with Crippen molar-refractivity contribution in [2.24, 2.45) is 0 Å². The number of fused-ring (bicyclic) bond motifs is 1. The summed E-state index contributed by atoms with van der Waals surface area (Å²) in [5, 5.41) is 5.17. The van der Waals surface area contributed by atoms with Crippen LogP contribution in [0.4, 0.5) is 19.3 Å². The third-order valence-corrected chi connectivity index (χ3v) is 4.97. The molecule has 0 radical (unpaired) electrons. The predicted molar refractivity (Wildman–Crippen MR) is 97.9 cm³/mol. The molecule has 2 aromatic rings. The first-order valence-corrected chi connectivity index (χ1v) is 9.14. The molecule has 1 aromatic carbocycles.